The molecule has 3 heteroatoms. The van der Waals surface area contributed by atoms with Gasteiger partial charge in [-0.1, -0.05) is 30.3 Å². The molecule has 0 aliphatic heterocycles. The summed E-state index contributed by atoms with van der Waals surface area (Å²) in [6.45, 7) is 0. The van der Waals surface area contributed by atoms with Gasteiger partial charge in [0.1, 0.15) is 0 Å². The Morgan fingerprint density at radius 2 is 1.82 bits per heavy atom. The minimum atomic E-state index is 0.951. The van der Waals surface area contributed by atoms with E-state index in [9.17, 15) is 0 Å². The molecule has 0 heterocycles. The molecular weight excluding hydrogens is 140 g/mol. The summed E-state index contributed by atoms with van der Waals surface area (Å²) in [6.07, 6.45) is 1.33. The fraction of sp³-hybridized carbons (Fsp3) is 0.125. The van der Waals surface area contributed by atoms with Crippen molar-refractivity contribution in [2.24, 2.45) is 0 Å². The maximum atomic E-state index is 7.32. The minimum Gasteiger partial charge on any atom is -0.317 e. The topological polar surface area (TPSA) is 56.1 Å². The van der Waals surface area contributed by atoms with Crippen molar-refractivity contribution in [3.63, 3.8) is 0 Å². The monoisotopic (exact) mass is 152 g/mol. The molecular formula is C8H12N2O. The van der Waals surface area contributed by atoms with E-state index < -0.39 is 0 Å². The number of benzene rings is 1. The van der Waals surface area contributed by atoms with Crippen LogP contribution in [0.15, 0.2) is 30.3 Å². The van der Waals surface area contributed by atoms with E-state index in [1.165, 1.54) is 13.3 Å². The van der Waals surface area contributed by atoms with E-state index in [2.05, 4.69) is 0 Å². The normalized spacial score (nSPS) is 7.82. The molecule has 3 nitrogen and oxygen atoms in total. The Hall–Kier alpha value is -1.19. The standard InChI is InChI=1S/C7H7N.CH5NO/c8-6-7-4-2-1-3-5-7;1-2-3/h1-6,8H;2-3H,1H3. The third kappa shape index (κ3) is 5.26. The van der Waals surface area contributed by atoms with Gasteiger partial charge in [-0.3, -0.25) is 0 Å². The Morgan fingerprint density at radius 1 is 1.36 bits per heavy atom. The second kappa shape index (κ2) is 6.92. The summed E-state index contributed by atoms with van der Waals surface area (Å²) in [7, 11) is 1.43. The Labute approximate surface area is 66.2 Å². The highest BCUT2D eigenvalue weighted by atomic mass is 16.5. The van der Waals surface area contributed by atoms with E-state index >= 15 is 0 Å². The van der Waals surface area contributed by atoms with Crippen molar-refractivity contribution in [1.29, 1.82) is 5.41 Å². The molecule has 0 aliphatic rings. The van der Waals surface area contributed by atoms with Gasteiger partial charge in [0.25, 0.3) is 0 Å². The average Bonchev–Trinajstić information content (AvgIpc) is 2.08. The second-order valence-corrected chi connectivity index (χ2v) is 1.78. The van der Waals surface area contributed by atoms with Gasteiger partial charge >= 0.3 is 0 Å². The first-order valence-corrected chi connectivity index (χ1v) is 3.21. The van der Waals surface area contributed by atoms with Gasteiger partial charge < -0.3 is 10.6 Å². The Balaban J connectivity index is 0.000000292. The van der Waals surface area contributed by atoms with Crippen molar-refractivity contribution in [3.8, 4) is 0 Å². The molecule has 60 valence electrons. The molecule has 0 saturated carbocycles. The average molecular weight is 152 g/mol. The molecule has 0 atom stereocenters. The van der Waals surface area contributed by atoms with E-state index in [0.29, 0.717) is 0 Å². The summed E-state index contributed by atoms with van der Waals surface area (Å²) >= 11 is 0. The van der Waals surface area contributed by atoms with Crippen molar-refractivity contribution in [2.75, 3.05) is 7.05 Å². The highest BCUT2D eigenvalue weighted by Gasteiger charge is 1.77. The van der Waals surface area contributed by atoms with Gasteiger partial charge in [-0.25, -0.2) is 5.48 Å². The number of hydrogen-bond acceptors (Lipinski definition) is 3. The molecule has 1 aromatic rings. The fourth-order valence-corrected chi connectivity index (χ4v) is 0.549. The first-order valence-electron chi connectivity index (χ1n) is 3.21. The largest absolute Gasteiger partial charge is 0.317 e. The summed E-state index contributed by atoms with van der Waals surface area (Å²) in [4.78, 5) is 0. The van der Waals surface area contributed by atoms with Gasteiger partial charge in [0.2, 0.25) is 0 Å². The van der Waals surface area contributed by atoms with Gasteiger partial charge in [0, 0.05) is 13.3 Å². The van der Waals surface area contributed by atoms with E-state index in [1.54, 1.807) is 5.48 Å². The second-order valence-electron chi connectivity index (χ2n) is 1.78. The first kappa shape index (κ1) is 9.81. The minimum absolute atomic E-state index is 0.951. The van der Waals surface area contributed by atoms with Crippen molar-refractivity contribution in [2.45, 2.75) is 0 Å². The molecule has 0 aromatic heterocycles. The lowest BCUT2D eigenvalue weighted by molar-refractivity contribution is 0.194. The molecule has 0 bridgehead atoms. The van der Waals surface area contributed by atoms with Crippen LogP contribution in [0.2, 0.25) is 0 Å². The van der Waals surface area contributed by atoms with Crippen molar-refractivity contribution in [3.05, 3.63) is 35.9 Å². The zero-order valence-corrected chi connectivity index (χ0v) is 6.41. The molecule has 1 rings (SSSR count). The maximum absolute atomic E-state index is 7.32. The van der Waals surface area contributed by atoms with Crippen LogP contribution in [0, 0.1) is 5.41 Å². The summed E-state index contributed by atoms with van der Waals surface area (Å²) in [5.74, 6) is 0. The van der Waals surface area contributed by atoms with Gasteiger partial charge in [-0.2, -0.15) is 0 Å². The van der Waals surface area contributed by atoms with Crippen LogP contribution in [0.3, 0.4) is 0 Å². The van der Waals surface area contributed by atoms with Crippen LogP contribution in [0.1, 0.15) is 5.56 Å². The van der Waals surface area contributed by atoms with E-state index in [0.717, 1.165) is 5.56 Å². The Kier molecular flexibility index (Phi) is 6.17. The zero-order valence-electron chi connectivity index (χ0n) is 6.41. The lowest BCUT2D eigenvalue weighted by Gasteiger charge is -1.84. The van der Waals surface area contributed by atoms with Gasteiger partial charge in [-0.15, -0.1) is 0 Å². The number of nitrogens with one attached hydrogen (secondary N) is 2. The van der Waals surface area contributed by atoms with Crippen molar-refractivity contribution >= 4 is 6.21 Å². The van der Waals surface area contributed by atoms with Gasteiger partial charge in [0.05, 0.1) is 0 Å². The van der Waals surface area contributed by atoms with Crippen LogP contribution in [0.4, 0.5) is 0 Å². The maximum Gasteiger partial charge on any atom is 0.0250 e. The molecule has 11 heavy (non-hydrogen) atoms. The molecule has 3 N–H and O–H groups in total. The molecule has 0 fully saturated rings. The van der Waals surface area contributed by atoms with Crippen molar-refractivity contribution < 1.29 is 5.21 Å². The van der Waals surface area contributed by atoms with Crippen LogP contribution >= 0.6 is 0 Å². The molecule has 0 aliphatic carbocycles. The molecule has 0 radical (unpaired) electrons. The summed E-state index contributed by atoms with van der Waals surface area (Å²) < 4.78 is 0. The van der Waals surface area contributed by atoms with E-state index in [1.807, 2.05) is 30.3 Å². The van der Waals surface area contributed by atoms with Crippen LogP contribution in [0.5, 0.6) is 0 Å². The molecule has 1 aromatic carbocycles. The SMILES string of the molecule is CNO.N=Cc1ccccc1. The van der Waals surface area contributed by atoms with Gasteiger partial charge in [-0.05, 0) is 5.56 Å². The number of hydroxylamine groups is 1. The quantitative estimate of drug-likeness (QED) is 0.419. The highest BCUT2D eigenvalue weighted by molar-refractivity contribution is 5.76. The smallest absolute Gasteiger partial charge is 0.0250 e. The number of hydrogen-bond donors (Lipinski definition) is 3. The predicted octanol–water partition coefficient (Wildman–Crippen LogP) is 1.28. The summed E-state index contributed by atoms with van der Waals surface area (Å²) in [5, 5.41) is 14.1. The third-order valence-electron chi connectivity index (χ3n) is 0.966. The fourth-order valence-electron chi connectivity index (χ4n) is 0.549. The molecule has 0 amide bonds. The lowest BCUT2D eigenvalue weighted by atomic mass is 10.2. The Morgan fingerprint density at radius 3 is 2.09 bits per heavy atom. The lowest BCUT2D eigenvalue weighted by Crippen LogP contribution is -1.91. The molecule has 0 unspecified atom stereocenters. The zero-order chi connectivity index (χ0) is 8.53. The Bertz CT molecular complexity index is 187. The first-order chi connectivity index (χ1) is 5.35. The van der Waals surface area contributed by atoms with Crippen molar-refractivity contribution in [1.82, 2.24) is 5.48 Å². The van der Waals surface area contributed by atoms with Crippen LogP contribution in [-0.2, 0) is 0 Å². The van der Waals surface area contributed by atoms with Crippen LogP contribution in [-0.4, -0.2) is 18.5 Å². The highest BCUT2D eigenvalue weighted by Crippen LogP contribution is 1.91. The van der Waals surface area contributed by atoms with Gasteiger partial charge in [0.15, 0.2) is 0 Å². The number of rotatable bonds is 1. The summed E-state index contributed by atoms with van der Waals surface area (Å²) in [5.41, 5.74) is 2.70. The molecule has 0 saturated heterocycles. The predicted molar refractivity (Wildman–Crippen MR) is 45.2 cm³/mol. The third-order valence-corrected chi connectivity index (χ3v) is 0.966. The van der Waals surface area contributed by atoms with Crippen LogP contribution in [0.25, 0.3) is 0 Å². The van der Waals surface area contributed by atoms with Crippen LogP contribution < -0.4 is 5.48 Å². The van der Waals surface area contributed by atoms with E-state index in [-0.39, 0.29) is 0 Å². The van der Waals surface area contributed by atoms with E-state index in [4.69, 9.17) is 10.6 Å². The molecule has 0 spiro atoms. The summed E-state index contributed by atoms with van der Waals surface area (Å²) in [6, 6.07) is 9.56.